The van der Waals surface area contributed by atoms with Gasteiger partial charge < -0.3 is 9.30 Å². The minimum atomic E-state index is -4.81. The molecule has 0 amide bonds. The molecule has 0 aliphatic rings. The van der Waals surface area contributed by atoms with Crippen LogP contribution in [-0.4, -0.2) is 27.1 Å². The number of hydrogen-bond acceptors (Lipinski definition) is 5. The summed E-state index contributed by atoms with van der Waals surface area (Å²) >= 11 is 0. The number of alkyl halides is 3. The van der Waals surface area contributed by atoms with Crippen LogP contribution in [0.1, 0.15) is 12.7 Å². The fourth-order valence-electron chi connectivity index (χ4n) is 1.94. The number of carbonyl (C=O) groups is 1. The van der Waals surface area contributed by atoms with Crippen molar-refractivity contribution in [1.29, 1.82) is 0 Å². The number of hydrogen-bond donors (Lipinski definition) is 0. The summed E-state index contributed by atoms with van der Waals surface area (Å²) in [7, 11) is 0. The minimum absolute atomic E-state index is 0.00691. The lowest BCUT2D eigenvalue weighted by Gasteiger charge is -2.10. The van der Waals surface area contributed by atoms with E-state index in [0.717, 1.165) is 18.2 Å². The molecule has 10 heteroatoms. The highest BCUT2D eigenvalue weighted by Gasteiger charge is 2.38. The number of nitro groups is 1. The maximum absolute atomic E-state index is 13.0. The number of carbonyl (C=O) groups excluding carboxylic acids is 1. The average Bonchev–Trinajstić information content (AvgIpc) is 2.77. The van der Waals surface area contributed by atoms with Gasteiger partial charge in [-0.2, -0.15) is 13.2 Å². The number of benzene rings is 1. The molecule has 0 fully saturated rings. The van der Waals surface area contributed by atoms with Crippen molar-refractivity contribution in [2.24, 2.45) is 0 Å². The van der Waals surface area contributed by atoms with Crippen LogP contribution in [0, 0.1) is 10.1 Å². The molecule has 22 heavy (non-hydrogen) atoms. The Morgan fingerprint density at radius 3 is 2.68 bits per heavy atom. The largest absolute Gasteiger partial charge is 0.465 e. The Kier molecular flexibility index (Phi) is 4.02. The smallest absolute Gasteiger partial charge is 0.449 e. The molecule has 0 atom stereocenters. The molecule has 0 unspecified atom stereocenters. The number of nitrogens with zero attached hydrogens (tertiary/aromatic N) is 3. The molecule has 2 aromatic rings. The Bertz CT molecular complexity index is 739. The van der Waals surface area contributed by atoms with E-state index in [1.165, 1.54) is 6.92 Å². The summed E-state index contributed by atoms with van der Waals surface area (Å²) < 4.78 is 44.2. The number of ether oxygens (including phenoxy) is 1. The van der Waals surface area contributed by atoms with Crippen molar-refractivity contribution < 1.29 is 27.6 Å². The highest BCUT2D eigenvalue weighted by Crippen LogP contribution is 2.32. The molecular weight excluding hydrogens is 307 g/mol. The van der Waals surface area contributed by atoms with Crippen molar-refractivity contribution in [3.63, 3.8) is 0 Å². The third kappa shape index (κ3) is 3.00. The van der Waals surface area contributed by atoms with Crippen molar-refractivity contribution in [2.45, 2.75) is 19.6 Å². The van der Waals surface area contributed by atoms with E-state index in [-0.39, 0.29) is 17.6 Å². The average molecular weight is 317 g/mol. The lowest BCUT2D eigenvalue weighted by atomic mass is 10.3. The first kappa shape index (κ1) is 15.7. The monoisotopic (exact) mass is 317 g/mol. The van der Waals surface area contributed by atoms with Gasteiger partial charge in [-0.3, -0.25) is 14.9 Å². The van der Waals surface area contributed by atoms with Gasteiger partial charge in [0.15, 0.2) is 0 Å². The summed E-state index contributed by atoms with van der Waals surface area (Å²) in [5.74, 6) is -2.20. The Balaban J connectivity index is 2.62. The van der Waals surface area contributed by atoms with E-state index in [9.17, 15) is 28.1 Å². The molecule has 0 aliphatic carbocycles. The molecule has 1 heterocycles. The summed E-state index contributed by atoms with van der Waals surface area (Å²) in [5, 5.41) is 10.7. The molecule has 0 spiro atoms. The van der Waals surface area contributed by atoms with Crippen molar-refractivity contribution in [3.05, 3.63) is 34.1 Å². The van der Waals surface area contributed by atoms with Gasteiger partial charge in [-0.25, -0.2) is 4.98 Å². The van der Waals surface area contributed by atoms with E-state index in [1.807, 2.05) is 0 Å². The highest BCUT2D eigenvalue weighted by molar-refractivity contribution is 5.81. The number of halogens is 3. The number of rotatable bonds is 4. The molecule has 0 saturated carbocycles. The van der Waals surface area contributed by atoms with E-state index in [0.29, 0.717) is 4.57 Å². The summed E-state index contributed by atoms with van der Waals surface area (Å²) in [6.45, 7) is 0.784. The Labute approximate surface area is 121 Å². The second kappa shape index (κ2) is 5.62. The molecule has 1 aromatic carbocycles. The maximum Gasteiger partial charge on any atom is 0.449 e. The van der Waals surface area contributed by atoms with E-state index >= 15 is 0 Å². The standard InChI is InChI=1S/C12H10F3N3O4/c1-2-22-10(19)6-17-9-5-7(18(20)21)3-4-8(9)16-11(17)12(13,14)15/h3-5H,2,6H2,1H3. The summed E-state index contributed by atoms with van der Waals surface area (Å²) in [6, 6.07) is 3.09. The Morgan fingerprint density at radius 1 is 1.45 bits per heavy atom. The summed E-state index contributed by atoms with van der Waals surface area (Å²) in [5.41, 5.74) is -0.650. The van der Waals surface area contributed by atoms with Gasteiger partial charge in [-0.1, -0.05) is 0 Å². The van der Waals surface area contributed by atoms with Crippen molar-refractivity contribution in [3.8, 4) is 0 Å². The van der Waals surface area contributed by atoms with E-state index in [4.69, 9.17) is 0 Å². The molecular formula is C12H10F3N3O4. The summed E-state index contributed by atoms with van der Waals surface area (Å²) in [4.78, 5) is 24.9. The van der Waals surface area contributed by atoms with Crippen LogP contribution in [0.15, 0.2) is 18.2 Å². The van der Waals surface area contributed by atoms with Crippen LogP contribution in [0.4, 0.5) is 18.9 Å². The van der Waals surface area contributed by atoms with Gasteiger partial charge in [0.1, 0.15) is 6.54 Å². The number of aromatic nitrogens is 2. The molecule has 1 aromatic heterocycles. The molecule has 0 radical (unpaired) electrons. The maximum atomic E-state index is 13.0. The molecule has 2 rings (SSSR count). The zero-order valence-corrected chi connectivity index (χ0v) is 11.3. The summed E-state index contributed by atoms with van der Waals surface area (Å²) in [6.07, 6.45) is -4.81. The van der Waals surface area contributed by atoms with Crippen LogP contribution in [-0.2, 0) is 22.3 Å². The second-order valence-corrected chi connectivity index (χ2v) is 4.25. The number of nitro benzene ring substituents is 1. The number of esters is 1. The van der Waals surface area contributed by atoms with Gasteiger partial charge in [0.05, 0.1) is 22.6 Å². The number of fused-ring (bicyclic) bond motifs is 1. The first-order valence-electron chi connectivity index (χ1n) is 6.11. The topological polar surface area (TPSA) is 87.3 Å². The fourth-order valence-corrected chi connectivity index (χ4v) is 1.94. The predicted octanol–water partition coefficient (Wildman–Crippen LogP) is 2.53. The second-order valence-electron chi connectivity index (χ2n) is 4.25. The van der Waals surface area contributed by atoms with Gasteiger partial charge in [0.2, 0.25) is 5.82 Å². The lowest BCUT2D eigenvalue weighted by Crippen LogP contribution is -2.20. The third-order valence-corrected chi connectivity index (χ3v) is 2.79. The molecule has 0 saturated heterocycles. The van der Waals surface area contributed by atoms with Gasteiger partial charge >= 0.3 is 12.1 Å². The number of non-ortho nitro benzene ring substituents is 1. The first-order chi connectivity index (χ1) is 10.2. The van der Waals surface area contributed by atoms with Crippen LogP contribution >= 0.6 is 0 Å². The quantitative estimate of drug-likeness (QED) is 0.491. The van der Waals surface area contributed by atoms with Crippen molar-refractivity contribution in [1.82, 2.24) is 9.55 Å². The normalized spacial score (nSPS) is 11.6. The van der Waals surface area contributed by atoms with E-state index in [2.05, 4.69) is 9.72 Å². The predicted molar refractivity (Wildman–Crippen MR) is 68.0 cm³/mol. The lowest BCUT2D eigenvalue weighted by molar-refractivity contribution is -0.384. The van der Waals surface area contributed by atoms with Crippen LogP contribution < -0.4 is 0 Å². The Hall–Kier alpha value is -2.65. The van der Waals surface area contributed by atoms with E-state index in [1.54, 1.807) is 0 Å². The molecule has 0 N–H and O–H groups in total. The van der Waals surface area contributed by atoms with Crippen LogP contribution in [0.5, 0.6) is 0 Å². The van der Waals surface area contributed by atoms with Gasteiger partial charge in [-0.05, 0) is 13.0 Å². The highest BCUT2D eigenvalue weighted by atomic mass is 19.4. The zero-order valence-electron chi connectivity index (χ0n) is 11.3. The van der Waals surface area contributed by atoms with Crippen LogP contribution in [0.25, 0.3) is 11.0 Å². The van der Waals surface area contributed by atoms with Gasteiger partial charge in [-0.15, -0.1) is 0 Å². The molecule has 118 valence electrons. The minimum Gasteiger partial charge on any atom is -0.465 e. The van der Waals surface area contributed by atoms with Crippen LogP contribution in [0.3, 0.4) is 0 Å². The molecule has 0 bridgehead atoms. The molecule has 7 nitrogen and oxygen atoms in total. The molecule has 0 aliphatic heterocycles. The first-order valence-corrected chi connectivity index (χ1v) is 6.11. The zero-order chi connectivity index (χ0) is 16.5. The third-order valence-electron chi connectivity index (χ3n) is 2.79. The van der Waals surface area contributed by atoms with Crippen molar-refractivity contribution in [2.75, 3.05) is 6.61 Å². The van der Waals surface area contributed by atoms with E-state index < -0.39 is 35.1 Å². The SMILES string of the molecule is CCOC(=O)Cn1c(C(F)(F)F)nc2ccc([N+](=O)[O-])cc21. The van der Waals surface area contributed by atoms with Crippen LogP contribution in [0.2, 0.25) is 0 Å². The van der Waals surface area contributed by atoms with Crippen molar-refractivity contribution >= 4 is 22.7 Å². The Morgan fingerprint density at radius 2 is 2.14 bits per heavy atom. The fraction of sp³-hybridized carbons (Fsp3) is 0.333. The van der Waals surface area contributed by atoms with Gasteiger partial charge in [0.25, 0.3) is 5.69 Å². The van der Waals surface area contributed by atoms with Gasteiger partial charge in [0, 0.05) is 12.1 Å². The number of imidazole rings is 1.